The summed E-state index contributed by atoms with van der Waals surface area (Å²) in [7, 11) is 0. The van der Waals surface area contributed by atoms with Gasteiger partial charge in [0.1, 0.15) is 0 Å². The summed E-state index contributed by atoms with van der Waals surface area (Å²) in [6.45, 7) is 28.9. The summed E-state index contributed by atoms with van der Waals surface area (Å²) in [4.78, 5) is 0. The number of fused-ring (bicyclic) bond motifs is 53. The molecule has 30 aliphatic carbocycles. The van der Waals surface area contributed by atoms with E-state index in [2.05, 4.69) is 62.3 Å². The van der Waals surface area contributed by atoms with Crippen LogP contribution in [0.15, 0.2) is 0 Å². The van der Waals surface area contributed by atoms with Crippen LogP contribution in [0.25, 0.3) is 0 Å². The maximum atomic E-state index is 3.44. The molecule has 0 aromatic heterocycles. The molecule has 0 aliphatic heterocycles. The highest BCUT2D eigenvalue weighted by atomic mass is 15.1. The maximum absolute atomic E-state index is 3.44. The van der Waals surface area contributed by atoms with Gasteiger partial charge in [-0.05, 0) is 583 Å². The summed E-state index contributed by atoms with van der Waals surface area (Å²) < 4.78 is 0. The third-order valence-electron chi connectivity index (χ3n) is 67.6. The van der Waals surface area contributed by atoms with Crippen LogP contribution in [0.2, 0.25) is 0 Å². The highest BCUT2D eigenvalue weighted by Gasteiger charge is 3.08. The molecule has 30 fully saturated rings. The summed E-state index contributed by atoms with van der Waals surface area (Å²) in [5.74, 6) is 20.2. The van der Waals surface area contributed by atoms with Crippen molar-refractivity contribution >= 4 is 0 Å². The largest absolute Gasteiger partial charge is 0.0622 e. The molecule has 0 amide bonds. The van der Waals surface area contributed by atoms with Crippen molar-refractivity contribution in [1.29, 1.82) is 0 Å². The number of hydrogen-bond donors (Lipinski definition) is 0. The zero-order valence-electron chi connectivity index (χ0n) is 90.6. The normalized spacial score (nSPS) is 64.3. The van der Waals surface area contributed by atoms with Crippen molar-refractivity contribution in [2.24, 2.45) is 249 Å². The fourth-order valence-electron chi connectivity index (χ4n) is 66.2. The molecule has 44 unspecified atom stereocenters. The Hall–Kier alpha value is 0. The molecule has 0 aromatic rings. The van der Waals surface area contributed by atoms with Gasteiger partial charge in [-0.25, -0.2) is 0 Å². The van der Waals surface area contributed by atoms with Crippen LogP contribution in [0.4, 0.5) is 0 Å². The van der Waals surface area contributed by atoms with Gasteiger partial charge in [-0.15, -0.1) is 0 Å². The zero-order chi connectivity index (χ0) is 90.6. The number of hydrogen-bond acceptors (Lipinski definition) is 0. The van der Waals surface area contributed by atoms with Crippen LogP contribution in [0.5, 0.6) is 0 Å². The topological polar surface area (TPSA) is 0 Å². The smallest absolute Gasteiger partial charge is 0.0133 e. The molecule has 0 radical (unpaired) electrons. The lowest BCUT2D eigenvalue weighted by molar-refractivity contribution is -0.628. The van der Waals surface area contributed by atoms with E-state index >= 15 is 0 Å². The second-order valence-electron chi connectivity index (χ2n) is 64.2. The maximum Gasteiger partial charge on any atom is -0.0133 e. The van der Waals surface area contributed by atoms with Gasteiger partial charge in [-0.1, -0.05) is 255 Å². The van der Waals surface area contributed by atoms with Crippen LogP contribution in [-0.4, -0.2) is 0 Å². The Morgan fingerprint density at radius 3 is 1.04 bits per heavy atom. The van der Waals surface area contributed by atoms with Crippen molar-refractivity contribution in [2.45, 2.75) is 589 Å². The lowest BCUT2D eigenvalue weighted by Crippen LogP contribution is -3.05. The summed E-state index contributed by atoms with van der Waals surface area (Å²) >= 11 is 0. The minimum atomic E-state index is 0.306. The van der Waals surface area contributed by atoms with E-state index in [1.165, 1.54) is 0 Å². The SMILES string of the molecule is CC1CCCC2(C)C(C)CCC3CCCC4(C)C(C)C(C)C(C)C5(C)C(C)C6C7C8C9C%10CC%11CCCC%12CCCC%13CCCC%14CCCCC%15CCCC%14%16CCCC%13%14CCCC%12%13CCCC%11%10C9%10CCCC%139CCCC%14%11CCCC%16%12CCCC%15C%13CCCC%12%14CCCC%11%12CCCC9%11CCCC8%10C78CCCC%117CCCC%129CCCC%14%10CCCC%13C1CCCC2%10CCCC39CCCC47CCCC658. The van der Waals surface area contributed by atoms with E-state index in [1.807, 2.05) is 0 Å². The minimum absolute atomic E-state index is 0.306. The first-order valence-corrected chi connectivity index (χ1v) is 65.6. The Kier molecular flexibility index (Phi) is 19.8. The summed E-state index contributed by atoms with van der Waals surface area (Å²) in [6.07, 6.45) is 138. The predicted molar refractivity (Wildman–Crippen MR) is 559 cm³/mol. The Bertz CT molecular complexity index is 4610. The summed E-state index contributed by atoms with van der Waals surface area (Å²) in [6, 6.07) is 0. The van der Waals surface area contributed by atoms with Crippen molar-refractivity contribution < 1.29 is 0 Å². The van der Waals surface area contributed by atoms with Crippen molar-refractivity contribution in [3.8, 4) is 0 Å². The highest BCUT2D eigenvalue weighted by Crippen LogP contribution is 3.12. The van der Waals surface area contributed by atoms with Crippen LogP contribution in [-0.2, 0) is 0 Å². The highest BCUT2D eigenvalue weighted by molar-refractivity contribution is 5.54. The molecule has 30 saturated carbocycles. The van der Waals surface area contributed by atoms with Crippen LogP contribution >= 0.6 is 0 Å². The first kappa shape index (κ1) is 90.1. The molecular weight excluding hydrogens is 1620 g/mol. The van der Waals surface area contributed by atoms with Gasteiger partial charge in [-0.2, -0.15) is 0 Å². The summed E-state index contributed by atoms with van der Waals surface area (Å²) in [5.41, 5.74) is 10.3. The second kappa shape index (κ2) is 29.6. The Labute approximate surface area is 831 Å². The van der Waals surface area contributed by atoms with Crippen molar-refractivity contribution in [3.63, 3.8) is 0 Å². The lowest BCUT2D eigenvalue weighted by Gasteiger charge is -3.09. The zero-order valence-corrected chi connectivity index (χ0v) is 90.6. The molecule has 0 heteroatoms. The molecule has 30 aliphatic rings. The summed E-state index contributed by atoms with van der Waals surface area (Å²) in [5, 5.41) is 0. The Morgan fingerprint density at radius 1 is 0.185 bits per heavy atom. The Balaban J connectivity index is 0.759. The van der Waals surface area contributed by atoms with E-state index in [4.69, 9.17) is 0 Å². The second-order valence-corrected chi connectivity index (χ2v) is 64.2. The quantitative estimate of drug-likeness (QED) is 0.227. The molecule has 0 heterocycles. The van der Waals surface area contributed by atoms with E-state index in [0.717, 1.165) is 124 Å². The van der Waals surface area contributed by atoms with Gasteiger partial charge < -0.3 is 0 Å². The fourth-order valence-corrected chi connectivity index (χ4v) is 66.2. The first-order chi connectivity index (χ1) is 65.6. The van der Waals surface area contributed by atoms with Crippen LogP contribution in [0.3, 0.4) is 0 Å². The molecular formula is C135H212. The predicted octanol–water partition coefficient (Wildman–Crippen LogP) is 39.2. The molecule has 752 valence electrons. The molecule has 0 saturated heterocycles. The van der Waals surface area contributed by atoms with Crippen molar-refractivity contribution in [2.75, 3.05) is 0 Å². The van der Waals surface area contributed by atoms with E-state index in [1.54, 1.807) is 527 Å². The van der Waals surface area contributed by atoms with Gasteiger partial charge in [0, 0.05) is 0 Å². The van der Waals surface area contributed by atoms with Crippen LogP contribution in [0, 0.1) is 249 Å². The van der Waals surface area contributed by atoms with Crippen molar-refractivity contribution in [3.05, 3.63) is 0 Å². The van der Waals surface area contributed by atoms with Gasteiger partial charge in [0.15, 0.2) is 0 Å². The van der Waals surface area contributed by atoms with E-state index in [9.17, 15) is 0 Å². The molecule has 0 nitrogen and oxygen atoms in total. The van der Waals surface area contributed by atoms with Crippen LogP contribution in [0.1, 0.15) is 589 Å². The van der Waals surface area contributed by atoms with E-state index in [0.29, 0.717) is 125 Å². The van der Waals surface area contributed by atoms with Gasteiger partial charge in [0.2, 0.25) is 0 Å². The molecule has 135 heavy (non-hydrogen) atoms. The molecule has 30 rings (SSSR count). The third-order valence-corrected chi connectivity index (χ3v) is 67.6. The van der Waals surface area contributed by atoms with E-state index < -0.39 is 0 Å². The molecule has 44 atom stereocenters. The van der Waals surface area contributed by atoms with Gasteiger partial charge in [-0.3, -0.25) is 0 Å². The van der Waals surface area contributed by atoms with Gasteiger partial charge >= 0.3 is 0 Å². The fraction of sp³-hybridized carbons (Fsp3) is 1.00. The standard InChI is InChI=1S/C135H212/c1-92-37-15-54-113(7)93(2)52-53-102-47-17-55-114(8)95(4)94(3)96(5)115(9)97(6)109-111-112-110-108-91-103-46-14-45-101-44-13-43-100-42-12-41-99-40-11-10-38-98-39-16-56-116(99)57-22-58-117(100)59-23-60-118(101)63-26-86-131(103,108)133(110)88-34-77-125(118)74-28-73-123(117)72-27-71-122(116)65-19-49-105(98)107-51-21-67-129(122)82-31-80-128(123)81-32-83-130(125)85-36-90-135(112,133)134(111)89-35-84-127(130)79-30-76-124(128)75-29-78-126(129)66-20-50-106(107)104(92)48-18-64-120(113,126)68-24-61-119(102,124)62-25-69-121(114,127)70-33-87-132(109,115)134/h92-112H,10-91H2,1-9H3. The minimum Gasteiger partial charge on any atom is -0.0622 e. The average Bonchev–Trinajstić information content (AvgIpc) is 0.554. The molecule has 20 spiro atoms. The van der Waals surface area contributed by atoms with Gasteiger partial charge in [0.25, 0.3) is 0 Å². The molecule has 25 bridgehead atoms. The average molecular weight is 1840 g/mol. The third kappa shape index (κ3) is 9.12. The first-order valence-electron chi connectivity index (χ1n) is 65.6. The lowest BCUT2D eigenvalue weighted by atomic mass is 8.94. The van der Waals surface area contributed by atoms with Gasteiger partial charge in [0.05, 0.1) is 0 Å². The van der Waals surface area contributed by atoms with Crippen LogP contribution < -0.4 is 0 Å². The van der Waals surface area contributed by atoms with Crippen molar-refractivity contribution in [1.82, 2.24) is 0 Å². The molecule has 0 N–H and O–H groups in total. The number of rotatable bonds is 0. The van der Waals surface area contributed by atoms with E-state index in [-0.39, 0.29) is 0 Å². The Morgan fingerprint density at radius 2 is 0.504 bits per heavy atom. The monoisotopic (exact) mass is 1830 g/mol. The molecule has 0 aromatic carbocycles.